The smallest absolute Gasteiger partial charge is 0.0450 e. The van der Waals surface area contributed by atoms with E-state index in [-0.39, 0.29) is 0 Å². The summed E-state index contributed by atoms with van der Waals surface area (Å²) in [5, 5.41) is 4.28. The third-order valence-corrected chi connectivity index (χ3v) is 3.49. The largest absolute Gasteiger partial charge is 0.312 e. The number of halogens is 1. The number of benzene rings is 1. The summed E-state index contributed by atoms with van der Waals surface area (Å²) < 4.78 is 0. The van der Waals surface area contributed by atoms with Crippen molar-refractivity contribution in [3.05, 3.63) is 34.9 Å². The molecule has 3 heteroatoms. The van der Waals surface area contributed by atoms with Crippen molar-refractivity contribution in [3.63, 3.8) is 0 Å². The molecule has 15 heavy (non-hydrogen) atoms. The van der Waals surface area contributed by atoms with Crippen molar-refractivity contribution in [2.45, 2.75) is 13.5 Å². The van der Waals surface area contributed by atoms with Crippen LogP contribution in [-0.4, -0.2) is 18.6 Å². The maximum atomic E-state index is 6.06. The summed E-state index contributed by atoms with van der Waals surface area (Å²) in [4.78, 5) is 0. The molecule has 0 saturated heterocycles. The van der Waals surface area contributed by atoms with Gasteiger partial charge >= 0.3 is 0 Å². The quantitative estimate of drug-likeness (QED) is 0.822. The summed E-state index contributed by atoms with van der Waals surface area (Å²) in [5.41, 5.74) is 1.18. The van der Waals surface area contributed by atoms with Gasteiger partial charge in [-0.25, -0.2) is 0 Å². The lowest BCUT2D eigenvalue weighted by Crippen LogP contribution is -2.22. The molecule has 0 aliphatic rings. The van der Waals surface area contributed by atoms with Gasteiger partial charge < -0.3 is 5.32 Å². The Hall–Kier alpha value is -0.180. The molecular weight excluding hydrogens is 226 g/mol. The third-order valence-electron chi connectivity index (χ3n) is 2.22. The van der Waals surface area contributed by atoms with Gasteiger partial charge in [-0.2, -0.15) is 11.8 Å². The Bertz CT molecular complexity index is 291. The molecule has 1 nitrogen and oxygen atoms in total. The lowest BCUT2D eigenvalue weighted by atomic mass is 10.2. The number of nitrogens with one attached hydrogen (secondary N) is 1. The van der Waals surface area contributed by atoms with Gasteiger partial charge in [0.1, 0.15) is 0 Å². The Morgan fingerprint density at radius 3 is 2.80 bits per heavy atom. The van der Waals surface area contributed by atoms with Gasteiger partial charge in [0.05, 0.1) is 0 Å². The number of thioether (sulfide) groups is 1. The molecule has 0 radical (unpaired) electrons. The van der Waals surface area contributed by atoms with Crippen LogP contribution in [0.2, 0.25) is 5.02 Å². The number of rotatable bonds is 6. The molecule has 0 spiro atoms. The van der Waals surface area contributed by atoms with Crippen LogP contribution >= 0.6 is 23.4 Å². The second-order valence-electron chi connectivity index (χ2n) is 3.78. The van der Waals surface area contributed by atoms with Gasteiger partial charge in [-0.05, 0) is 36.1 Å². The fourth-order valence-electron chi connectivity index (χ4n) is 1.44. The molecule has 0 aromatic heterocycles. The van der Waals surface area contributed by atoms with E-state index in [4.69, 9.17) is 11.6 Å². The van der Waals surface area contributed by atoms with Crippen LogP contribution in [0.5, 0.6) is 0 Å². The molecule has 84 valence electrons. The van der Waals surface area contributed by atoms with Gasteiger partial charge in [-0.1, -0.05) is 36.7 Å². The molecule has 0 fully saturated rings. The van der Waals surface area contributed by atoms with Crippen LogP contribution in [0.4, 0.5) is 0 Å². The summed E-state index contributed by atoms with van der Waals surface area (Å²) in [7, 11) is 0. The highest BCUT2D eigenvalue weighted by Crippen LogP contribution is 2.14. The Kier molecular flexibility index (Phi) is 6.15. The van der Waals surface area contributed by atoms with E-state index in [0.29, 0.717) is 5.92 Å². The minimum Gasteiger partial charge on any atom is -0.312 e. The van der Waals surface area contributed by atoms with Crippen molar-refractivity contribution in [2.75, 3.05) is 18.6 Å². The van der Waals surface area contributed by atoms with E-state index in [1.165, 1.54) is 11.3 Å². The predicted octanol–water partition coefficient (Wildman–Crippen LogP) is 3.43. The van der Waals surface area contributed by atoms with Crippen molar-refractivity contribution >= 4 is 23.4 Å². The first kappa shape index (κ1) is 12.9. The second kappa shape index (κ2) is 7.15. The van der Waals surface area contributed by atoms with Crippen LogP contribution in [0.3, 0.4) is 0 Å². The summed E-state index contributed by atoms with van der Waals surface area (Å²) in [6.07, 6.45) is 2.14. The molecule has 1 aromatic carbocycles. The molecule has 1 atom stereocenters. The highest BCUT2D eigenvalue weighted by Gasteiger charge is 2.01. The van der Waals surface area contributed by atoms with Crippen LogP contribution in [0.15, 0.2) is 24.3 Å². The molecule has 1 unspecified atom stereocenters. The van der Waals surface area contributed by atoms with Gasteiger partial charge in [-0.3, -0.25) is 0 Å². The Morgan fingerprint density at radius 1 is 1.40 bits per heavy atom. The minimum atomic E-state index is 0.711. The monoisotopic (exact) mass is 243 g/mol. The average Bonchev–Trinajstić information content (AvgIpc) is 2.21. The Balaban J connectivity index is 2.29. The van der Waals surface area contributed by atoms with E-state index in [1.54, 1.807) is 0 Å². The predicted molar refractivity (Wildman–Crippen MR) is 70.7 cm³/mol. The van der Waals surface area contributed by atoms with Crippen molar-refractivity contribution < 1.29 is 0 Å². The molecule has 0 amide bonds. The molecule has 0 aliphatic heterocycles. The number of hydrogen-bond acceptors (Lipinski definition) is 2. The molecule has 1 rings (SSSR count). The Labute approximate surface area is 102 Å². The number of hydrogen-bond donors (Lipinski definition) is 1. The Morgan fingerprint density at radius 2 is 2.13 bits per heavy atom. The van der Waals surface area contributed by atoms with Gasteiger partial charge in [0.2, 0.25) is 0 Å². The van der Waals surface area contributed by atoms with Gasteiger partial charge in [-0.15, -0.1) is 0 Å². The van der Waals surface area contributed by atoms with Crippen LogP contribution in [0.25, 0.3) is 0 Å². The molecule has 1 aromatic rings. The van der Waals surface area contributed by atoms with E-state index >= 15 is 0 Å². The SMILES string of the molecule is CSCC(C)CNCc1ccccc1Cl. The van der Waals surface area contributed by atoms with Crippen LogP contribution < -0.4 is 5.32 Å². The van der Waals surface area contributed by atoms with Gasteiger partial charge in [0.25, 0.3) is 0 Å². The van der Waals surface area contributed by atoms with E-state index in [0.717, 1.165) is 18.1 Å². The van der Waals surface area contributed by atoms with Gasteiger partial charge in [0, 0.05) is 11.6 Å². The zero-order valence-electron chi connectivity index (χ0n) is 9.29. The van der Waals surface area contributed by atoms with E-state index in [2.05, 4.69) is 24.6 Å². The standard InChI is InChI=1S/C12H18ClNS/c1-10(9-15-2)7-14-8-11-5-3-4-6-12(11)13/h3-6,10,14H,7-9H2,1-2H3. The molecule has 0 bridgehead atoms. The highest BCUT2D eigenvalue weighted by atomic mass is 35.5. The zero-order valence-corrected chi connectivity index (χ0v) is 10.9. The van der Waals surface area contributed by atoms with E-state index < -0.39 is 0 Å². The zero-order chi connectivity index (χ0) is 11.1. The molecule has 0 heterocycles. The molecule has 0 saturated carbocycles. The maximum absolute atomic E-state index is 6.06. The average molecular weight is 244 g/mol. The highest BCUT2D eigenvalue weighted by molar-refractivity contribution is 7.98. The van der Waals surface area contributed by atoms with Crippen LogP contribution in [0.1, 0.15) is 12.5 Å². The first-order chi connectivity index (χ1) is 7.24. The fraction of sp³-hybridized carbons (Fsp3) is 0.500. The van der Waals surface area contributed by atoms with Crippen LogP contribution in [0, 0.1) is 5.92 Å². The van der Waals surface area contributed by atoms with Crippen molar-refractivity contribution in [3.8, 4) is 0 Å². The van der Waals surface area contributed by atoms with Crippen molar-refractivity contribution in [1.82, 2.24) is 5.32 Å². The molecular formula is C12H18ClNS. The molecule has 1 N–H and O–H groups in total. The third kappa shape index (κ3) is 4.92. The van der Waals surface area contributed by atoms with E-state index in [1.807, 2.05) is 30.0 Å². The lowest BCUT2D eigenvalue weighted by Gasteiger charge is -2.11. The first-order valence-corrected chi connectivity index (χ1v) is 6.94. The second-order valence-corrected chi connectivity index (χ2v) is 5.10. The van der Waals surface area contributed by atoms with Gasteiger partial charge in [0.15, 0.2) is 0 Å². The van der Waals surface area contributed by atoms with E-state index in [9.17, 15) is 0 Å². The minimum absolute atomic E-state index is 0.711. The van der Waals surface area contributed by atoms with Crippen molar-refractivity contribution in [1.29, 1.82) is 0 Å². The summed E-state index contributed by atoms with van der Waals surface area (Å²) in [5.74, 6) is 1.91. The normalized spacial score (nSPS) is 12.7. The summed E-state index contributed by atoms with van der Waals surface area (Å²) >= 11 is 7.95. The summed E-state index contributed by atoms with van der Waals surface area (Å²) in [6.45, 7) is 4.17. The first-order valence-electron chi connectivity index (χ1n) is 5.17. The van der Waals surface area contributed by atoms with Crippen molar-refractivity contribution in [2.24, 2.45) is 5.92 Å². The maximum Gasteiger partial charge on any atom is 0.0450 e. The van der Waals surface area contributed by atoms with Crippen LogP contribution in [-0.2, 0) is 6.54 Å². The topological polar surface area (TPSA) is 12.0 Å². The summed E-state index contributed by atoms with van der Waals surface area (Å²) in [6, 6.07) is 7.98. The fourth-order valence-corrected chi connectivity index (χ4v) is 2.33. The lowest BCUT2D eigenvalue weighted by molar-refractivity contribution is 0.559. The molecule has 0 aliphatic carbocycles.